The number of ether oxygens (including phenoxy) is 1. The SMILES string of the molecule is O=c1nc2c(ncn2[C@@H]2O[C@H](CO)[C@@H](O)[C@H]2O)c(NC2CC2)[nH]1. The van der Waals surface area contributed by atoms with Gasteiger partial charge in [0.2, 0.25) is 0 Å². The van der Waals surface area contributed by atoms with Gasteiger partial charge in [0.15, 0.2) is 11.9 Å². The lowest BCUT2D eigenvalue weighted by atomic mass is 10.1. The van der Waals surface area contributed by atoms with Crippen LogP contribution in [0.25, 0.3) is 11.2 Å². The molecular weight excluding hydrogens is 306 g/mol. The van der Waals surface area contributed by atoms with Crippen molar-refractivity contribution < 1.29 is 20.1 Å². The highest BCUT2D eigenvalue weighted by Crippen LogP contribution is 2.32. The van der Waals surface area contributed by atoms with Gasteiger partial charge in [0.1, 0.15) is 29.6 Å². The van der Waals surface area contributed by atoms with Crippen molar-refractivity contribution in [3.05, 3.63) is 16.8 Å². The van der Waals surface area contributed by atoms with E-state index in [1.165, 1.54) is 10.9 Å². The normalized spacial score (nSPS) is 30.9. The third-order valence-corrected chi connectivity index (χ3v) is 4.16. The number of imidazole rings is 1. The molecule has 3 heterocycles. The Morgan fingerprint density at radius 3 is 2.83 bits per heavy atom. The Hall–Kier alpha value is -2.01. The van der Waals surface area contributed by atoms with E-state index < -0.39 is 36.8 Å². The fraction of sp³-hybridized carbons (Fsp3) is 0.615. The van der Waals surface area contributed by atoms with Crippen LogP contribution in [0.5, 0.6) is 0 Å². The molecule has 2 aromatic heterocycles. The summed E-state index contributed by atoms with van der Waals surface area (Å²) in [5.74, 6) is 0.480. The topological polar surface area (TPSA) is 146 Å². The predicted octanol–water partition coefficient (Wildman–Crippen LogP) is -1.69. The molecule has 2 fully saturated rings. The molecule has 4 atom stereocenters. The quantitative estimate of drug-likeness (QED) is 0.448. The molecule has 2 aromatic rings. The summed E-state index contributed by atoms with van der Waals surface area (Å²) in [5, 5.41) is 32.3. The number of aromatic nitrogens is 4. The first kappa shape index (κ1) is 14.6. The number of aliphatic hydroxyl groups excluding tert-OH is 3. The number of H-pyrrole nitrogens is 1. The molecule has 10 nitrogen and oxygen atoms in total. The fourth-order valence-corrected chi connectivity index (χ4v) is 2.76. The molecule has 0 radical (unpaired) electrons. The third kappa shape index (κ3) is 2.39. The minimum Gasteiger partial charge on any atom is -0.394 e. The summed E-state index contributed by atoms with van der Waals surface area (Å²) < 4.78 is 6.86. The average Bonchev–Trinajstić information content (AvgIpc) is 3.17. The molecule has 0 spiro atoms. The molecule has 4 rings (SSSR count). The van der Waals surface area contributed by atoms with Crippen molar-refractivity contribution in [3.8, 4) is 0 Å². The minimum absolute atomic E-state index is 0.242. The van der Waals surface area contributed by atoms with Gasteiger partial charge >= 0.3 is 5.69 Å². The van der Waals surface area contributed by atoms with Gasteiger partial charge in [0.05, 0.1) is 12.9 Å². The van der Waals surface area contributed by atoms with Crippen molar-refractivity contribution >= 4 is 17.0 Å². The van der Waals surface area contributed by atoms with Crippen LogP contribution in [0.15, 0.2) is 11.1 Å². The van der Waals surface area contributed by atoms with Gasteiger partial charge in [-0.1, -0.05) is 0 Å². The van der Waals surface area contributed by atoms with Gasteiger partial charge < -0.3 is 25.4 Å². The number of anilines is 1. The van der Waals surface area contributed by atoms with E-state index in [0.717, 1.165) is 12.8 Å². The number of fused-ring (bicyclic) bond motifs is 1. The Morgan fingerprint density at radius 2 is 2.17 bits per heavy atom. The van der Waals surface area contributed by atoms with E-state index in [1.54, 1.807) is 0 Å². The van der Waals surface area contributed by atoms with Crippen molar-refractivity contribution in [2.45, 2.75) is 43.4 Å². The van der Waals surface area contributed by atoms with Crippen LogP contribution in [0, 0.1) is 0 Å². The lowest BCUT2D eigenvalue weighted by Gasteiger charge is -2.16. The van der Waals surface area contributed by atoms with Gasteiger partial charge in [0.25, 0.3) is 0 Å². The number of rotatable bonds is 4. The van der Waals surface area contributed by atoms with Crippen LogP contribution in [-0.2, 0) is 4.74 Å². The number of hydrogen-bond donors (Lipinski definition) is 5. The largest absolute Gasteiger partial charge is 0.394 e. The molecule has 0 bridgehead atoms. The number of nitrogens with zero attached hydrogens (tertiary/aromatic N) is 3. The van der Waals surface area contributed by atoms with Crippen molar-refractivity contribution in [2.75, 3.05) is 11.9 Å². The maximum Gasteiger partial charge on any atom is 0.348 e. The van der Waals surface area contributed by atoms with Crippen molar-refractivity contribution in [1.82, 2.24) is 19.5 Å². The summed E-state index contributed by atoms with van der Waals surface area (Å²) >= 11 is 0. The summed E-state index contributed by atoms with van der Waals surface area (Å²) in [6.07, 6.45) is -0.917. The van der Waals surface area contributed by atoms with E-state index in [0.29, 0.717) is 17.4 Å². The second-order valence-electron chi connectivity index (χ2n) is 5.89. The molecule has 5 N–H and O–H groups in total. The van der Waals surface area contributed by atoms with Gasteiger partial charge in [-0.3, -0.25) is 9.55 Å². The molecule has 10 heteroatoms. The molecule has 23 heavy (non-hydrogen) atoms. The lowest BCUT2D eigenvalue weighted by Crippen LogP contribution is -2.33. The van der Waals surface area contributed by atoms with Crippen LogP contribution < -0.4 is 11.0 Å². The van der Waals surface area contributed by atoms with Crippen LogP contribution >= 0.6 is 0 Å². The van der Waals surface area contributed by atoms with E-state index >= 15 is 0 Å². The van der Waals surface area contributed by atoms with Crippen LogP contribution in [-0.4, -0.2) is 65.8 Å². The van der Waals surface area contributed by atoms with E-state index in [2.05, 4.69) is 20.3 Å². The molecule has 1 saturated heterocycles. The van der Waals surface area contributed by atoms with Gasteiger partial charge in [-0.2, -0.15) is 4.98 Å². The number of hydrogen-bond acceptors (Lipinski definition) is 8. The number of aliphatic hydroxyl groups is 3. The Morgan fingerprint density at radius 1 is 1.39 bits per heavy atom. The second kappa shape index (κ2) is 5.27. The monoisotopic (exact) mass is 323 g/mol. The van der Waals surface area contributed by atoms with E-state index in [9.17, 15) is 20.1 Å². The molecule has 0 aromatic carbocycles. The van der Waals surface area contributed by atoms with Crippen molar-refractivity contribution in [1.29, 1.82) is 0 Å². The van der Waals surface area contributed by atoms with Gasteiger partial charge in [-0.25, -0.2) is 9.78 Å². The first-order valence-electron chi connectivity index (χ1n) is 7.44. The molecule has 2 aliphatic rings. The summed E-state index contributed by atoms with van der Waals surface area (Å²) in [6.45, 7) is -0.427. The van der Waals surface area contributed by atoms with Gasteiger partial charge in [-0.15, -0.1) is 0 Å². The summed E-state index contributed by atoms with van der Waals surface area (Å²) in [4.78, 5) is 22.5. The standard InChI is InChI=1S/C13H17N5O5/c19-3-6-8(20)9(21)12(23-6)18-4-14-7-10(15-5-1-2-5)16-13(22)17-11(7)18/h4-6,8-9,12,19-21H,1-3H2,(H2,15,16,17,22)/t6-,8-,9-,12-/m1/s1. The zero-order chi connectivity index (χ0) is 16.1. The van der Waals surface area contributed by atoms with E-state index in [-0.39, 0.29) is 5.65 Å². The van der Waals surface area contributed by atoms with E-state index in [4.69, 9.17) is 4.74 Å². The number of aromatic amines is 1. The first-order chi connectivity index (χ1) is 11.1. The molecule has 0 amide bonds. The van der Waals surface area contributed by atoms with Crippen LogP contribution in [0.3, 0.4) is 0 Å². The molecule has 0 unspecified atom stereocenters. The smallest absolute Gasteiger partial charge is 0.348 e. The highest BCUT2D eigenvalue weighted by atomic mass is 16.6. The zero-order valence-electron chi connectivity index (χ0n) is 12.1. The molecule has 124 valence electrons. The Bertz CT molecular complexity index is 785. The molecule has 1 aliphatic carbocycles. The minimum atomic E-state index is -1.26. The second-order valence-corrected chi connectivity index (χ2v) is 5.89. The molecule has 1 aliphatic heterocycles. The fourth-order valence-electron chi connectivity index (χ4n) is 2.76. The summed E-state index contributed by atoms with van der Waals surface area (Å²) in [6, 6.07) is 0.315. The predicted molar refractivity (Wildman–Crippen MR) is 77.8 cm³/mol. The third-order valence-electron chi connectivity index (χ3n) is 4.16. The Balaban J connectivity index is 1.76. The molecule has 1 saturated carbocycles. The highest BCUT2D eigenvalue weighted by Gasteiger charge is 2.44. The van der Waals surface area contributed by atoms with Crippen LogP contribution in [0.1, 0.15) is 19.1 Å². The van der Waals surface area contributed by atoms with E-state index in [1.807, 2.05) is 0 Å². The Kier molecular flexibility index (Phi) is 3.34. The molecular formula is C13H17N5O5. The summed E-state index contributed by atoms with van der Waals surface area (Å²) in [7, 11) is 0. The highest BCUT2D eigenvalue weighted by molar-refractivity contribution is 5.83. The van der Waals surface area contributed by atoms with Crippen LogP contribution in [0.2, 0.25) is 0 Å². The summed E-state index contributed by atoms with van der Waals surface area (Å²) in [5.41, 5.74) is 0.148. The van der Waals surface area contributed by atoms with Crippen LogP contribution in [0.4, 0.5) is 5.82 Å². The maximum atomic E-state index is 11.8. The first-order valence-corrected chi connectivity index (χ1v) is 7.44. The number of nitrogens with one attached hydrogen (secondary N) is 2. The average molecular weight is 323 g/mol. The van der Waals surface area contributed by atoms with Crippen molar-refractivity contribution in [2.24, 2.45) is 0 Å². The maximum absolute atomic E-state index is 11.8. The van der Waals surface area contributed by atoms with Crippen molar-refractivity contribution in [3.63, 3.8) is 0 Å². The van der Waals surface area contributed by atoms with Gasteiger partial charge in [-0.05, 0) is 12.8 Å². The van der Waals surface area contributed by atoms with Gasteiger partial charge in [0, 0.05) is 6.04 Å². The zero-order valence-corrected chi connectivity index (χ0v) is 12.1. The Labute approximate surface area is 129 Å². The lowest BCUT2D eigenvalue weighted by molar-refractivity contribution is -0.0511.